The van der Waals surface area contributed by atoms with Gasteiger partial charge in [-0.05, 0) is 31.2 Å². The van der Waals surface area contributed by atoms with Crippen LogP contribution in [-0.2, 0) is 10.3 Å². The molecule has 1 aliphatic heterocycles. The van der Waals surface area contributed by atoms with Gasteiger partial charge in [-0.3, -0.25) is 0 Å². The second kappa shape index (κ2) is 6.36. The molecule has 0 aromatic carbocycles. The monoisotopic (exact) mass is 284 g/mol. The molecule has 1 unspecified atom stereocenters. The van der Waals surface area contributed by atoms with Crippen LogP contribution in [0.25, 0.3) is 0 Å². The first-order valence-electron chi connectivity index (χ1n) is 6.46. The molecule has 19 heavy (non-hydrogen) atoms. The minimum Gasteiger partial charge on any atom is -0.383 e. The maximum atomic E-state index is 11.8. The van der Waals surface area contributed by atoms with Crippen molar-refractivity contribution in [3.63, 3.8) is 0 Å². The first-order valence-corrected chi connectivity index (χ1v) is 7.34. The third kappa shape index (κ3) is 4.19. The van der Waals surface area contributed by atoms with Crippen molar-refractivity contribution in [2.24, 2.45) is 0 Å². The van der Waals surface area contributed by atoms with Gasteiger partial charge in [0, 0.05) is 24.1 Å². The van der Waals surface area contributed by atoms with Gasteiger partial charge in [0.15, 0.2) is 0 Å². The van der Waals surface area contributed by atoms with E-state index >= 15 is 0 Å². The Balaban J connectivity index is 1.76. The van der Waals surface area contributed by atoms with E-state index in [2.05, 4.69) is 10.6 Å². The van der Waals surface area contributed by atoms with E-state index in [1.54, 1.807) is 6.92 Å². The molecule has 2 heterocycles. The zero-order valence-corrected chi connectivity index (χ0v) is 11.8. The Bertz CT molecular complexity index is 400. The van der Waals surface area contributed by atoms with E-state index in [0.29, 0.717) is 13.2 Å². The van der Waals surface area contributed by atoms with Gasteiger partial charge < -0.3 is 20.5 Å². The van der Waals surface area contributed by atoms with E-state index in [4.69, 9.17) is 4.74 Å². The zero-order valence-electron chi connectivity index (χ0n) is 11.0. The standard InChI is InChI=1S/C13H20N2O3S/c1-13(17,11-3-2-8-19-11)9-14-12(16)15-10-4-6-18-7-5-10/h2-3,8,10,17H,4-7,9H2,1H3,(H2,14,15,16). The van der Waals surface area contributed by atoms with Crippen LogP contribution in [0, 0.1) is 0 Å². The normalized spacial score (nSPS) is 19.7. The highest BCUT2D eigenvalue weighted by Gasteiger charge is 2.25. The van der Waals surface area contributed by atoms with Crippen molar-refractivity contribution in [1.29, 1.82) is 0 Å². The van der Waals surface area contributed by atoms with Gasteiger partial charge in [-0.25, -0.2) is 4.79 Å². The molecule has 1 aliphatic rings. The fourth-order valence-corrected chi connectivity index (χ4v) is 2.79. The highest BCUT2D eigenvalue weighted by atomic mass is 32.1. The van der Waals surface area contributed by atoms with Gasteiger partial charge >= 0.3 is 6.03 Å². The molecule has 0 aliphatic carbocycles. The Hall–Kier alpha value is -1.11. The third-order valence-electron chi connectivity index (χ3n) is 3.20. The van der Waals surface area contributed by atoms with E-state index in [1.807, 2.05) is 17.5 Å². The number of aliphatic hydroxyl groups is 1. The fraction of sp³-hybridized carbons (Fsp3) is 0.615. The summed E-state index contributed by atoms with van der Waals surface area (Å²) in [5, 5.41) is 17.8. The van der Waals surface area contributed by atoms with Crippen molar-refractivity contribution in [1.82, 2.24) is 10.6 Å². The number of carbonyl (C=O) groups excluding carboxylic acids is 1. The number of thiophene rings is 1. The number of carbonyl (C=O) groups is 1. The second-order valence-corrected chi connectivity index (χ2v) is 5.91. The third-order valence-corrected chi connectivity index (χ3v) is 4.32. The number of ether oxygens (including phenoxy) is 1. The van der Waals surface area contributed by atoms with Gasteiger partial charge in [0.05, 0.1) is 6.54 Å². The SMILES string of the molecule is CC(O)(CNC(=O)NC1CCOCC1)c1cccs1. The Kier molecular flexibility index (Phi) is 4.79. The summed E-state index contributed by atoms with van der Waals surface area (Å²) < 4.78 is 5.23. The van der Waals surface area contributed by atoms with Crippen LogP contribution in [-0.4, -0.2) is 36.9 Å². The topological polar surface area (TPSA) is 70.6 Å². The van der Waals surface area contributed by atoms with Crippen molar-refractivity contribution in [3.8, 4) is 0 Å². The van der Waals surface area contributed by atoms with Gasteiger partial charge in [-0.15, -0.1) is 11.3 Å². The van der Waals surface area contributed by atoms with Crippen LogP contribution < -0.4 is 10.6 Å². The van der Waals surface area contributed by atoms with E-state index in [9.17, 15) is 9.90 Å². The fourth-order valence-electron chi connectivity index (χ4n) is 2.00. The average Bonchev–Trinajstić information content (AvgIpc) is 2.92. The molecule has 6 heteroatoms. The maximum Gasteiger partial charge on any atom is 0.315 e. The van der Waals surface area contributed by atoms with Crippen molar-refractivity contribution in [2.45, 2.75) is 31.4 Å². The number of hydrogen-bond acceptors (Lipinski definition) is 4. The first kappa shape index (κ1) is 14.3. The van der Waals surface area contributed by atoms with Gasteiger partial charge in [0.1, 0.15) is 5.60 Å². The molecule has 1 fully saturated rings. The first-order chi connectivity index (χ1) is 9.08. The Morgan fingerprint density at radius 1 is 1.58 bits per heavy atom. The minimum absolute atomic E-state index is 0.167. The van der Waals surface area contributed by atoms with Crippen molar-refractivity contribution in [3.05, 3.63) is 22.4 Å². The van der Waals surface area contributed by atoms with Gasteiger partial charge in [0.25, 0.3) is 0 Å². The van der Waals surface area contributed by atoms with Crippen molar-refractivity contribution >= 4 is 17.4 Å². The van der Waals surface area contributed by atoms with Crippen LogP contribution in [0.3, 0.4) is 0 Å². The Morgan fingerprint density at radius 3 is 2.95 bits per heavy atom. The summed E-state index contributed by atoms with van der Waals surface area (Å²) in [5.74, 6) is 0. The lowest BCUT2D eigenvalue weighted by Crippen LogP contribution is -2.48. The molecule has 1 atom stereocenters. The Morgan fingerprint density at radius 2 is 2.32 bits per heavy atom. The molecule has 1 aromatic heterocycles. The highest BCUT2D eigenvalue weighted by molar-refractivity contribution is 7.10. The van der Waals surface area contributed by atoms with Crippen LogP contribution in [0.5, 0.6) is 0 Å². The zero-order chi connectivity index (χ0) is 13.7. The van der Waals surface area contributed by atoms with Crippen LogP contribution in [0.15, 0.2) is 17.5 Å². The molecule has 2 rings (SSSR count). The number of nitrogens with one attached hydrogen (secondary N) is 2. The number of amides is 2. The minimum atomic E-state index is -1.03. The molecule has 3 N–H and O–H groups in total. The predicted octanol–water partition coefficient (Wildman–Crippen LogP) is 1.43. The number of hydrogen-bond donors (Lipinski definition) is 3. The molecular formula is C13H20N2O3S. The summed E-state index contributed by atoms with van der Waals surface area (Å²) >= 11 is 1.48. The predicted molar refractivity (Wildman–Crippen MR) is 74.3 cm³/mol. The number of rotatable bonds is 4. The molecule has 106 valence electrons. The van der Waals surface area contributed by atoms with E-state index < -0.39 is 5.60 Å². The van der Waals surface area contributed by atoms with E-state index in [-0.39, 0.29) is 18.6 Å². The maximum absolute atomic E-state index is 11.8. The van der Waals surface area contributed by atoms with Crippen LogP contribution in [0.1, 0.15) is 24.6 Å². The lowest BCUT2D eigenvalue weighted by Gasteiger charge is -2.25. The Labute approximate surface area is 117 Å². The lowest BCUT2D eigenvalue weighted by atomic mass is 10.1. The molecule has 0 saturated carbocycles. The van der Waals surface area contributed by atoms with Crippen molar-refractivity contribution in [2.75, 3.05) is 19.8 Å². The van der Waals surface area contributed by atoms with Crippen LogP contribution >= 0.6 is 11.3 Å². The summed E-state index contributed by atoms with van der Waals surface area (Å²) in [7, 11) is 0. The highest BCUT2D eigenvalue weighted by Crippen LogP contribution is 2.24. The quantitative estimate of drug-likeness (QED) is 0.783. The lowest BCUT2D eigenvalue weighted by molar-refractivity contribution is 0.0613. The second-order valence-electron chi connectivity index (χ2n) is 4.96. The van der Waals surface area contributed by atoms with Crippen molar-refractivity contribution < 1.29 is 14.6 Å². The molecule has 0 radical (unpaired) electrons. The average molecular weight is 284 g/mol. The summed E-state index contributed by atoms with van der Waals surface area (Å²) in [4.78, 5) is 12.6. The molecular weight excluding hydrogens is 264 g/mol. The van der Waals surface area contributed by atoms with Gasteiger partial charge in [-0.2, -0.15) is 0 Å². The molecule has 0 bridgehead atoms. The largest absolute Gasteiger partial charge is 0.383 e. The molecule has 1 saturated heterocycles. The molecule has 1 aromatic rings. The molecule has 5 nitrogen and oxygen atoms in total. The number of urea groups is 1. The molecule has 0 spiro atoms. The van der Waals surface area contributed by atoms with Gasteiger partial charge in [-0.1, -0.05) is 6.07 Å². The van der Waals surface area contributed by atoms with E-state index in [1.165, 1.54) is 11.3 Å². The summed E-state index contributed by atoms with van der Waals surface area (Å²) in [6.45, 7) is 3.28. The van der Waals surface area contributed by atoms with Crippen LogP contribution in [0.4, 0.5) is 4.79 Å². The van der Waals surface area contributed by atoms with Crippen LogP contribution in [0.2, 0.25) is 0 Å². The van der Waals surface area contributed by atoms with E-state index in [0.717, 1.165) is 17.7 Å². The summed E-state index contributed by atoms with van der Waals surface area (Å²) in [6, 6.07) is 3.68. The molecule has 2 amide bonds. The summed E-state index contributed by atoms with van der Waals surface area (Å²) in [5.41, 5.74) is -1.03. The smallest absolute Gasteiger partial charge is 0.315 e. The summed E-state index contributed by atoms with van der Waals surface area (Å²) in [6.07, 6.45) is 1.68. The van der Waals surface area contributed by atoms with Gasteiger partial charge in [0.2, 0.25) is 0 Å².